The third-order valence-corrected chi connectivity index (χ3v) is 2.44. The third kappa shape index (κ3) is 4.60. The molecule has 84 valence electrons. The Morgan fingerprint density at radius 1 is 1.33 bits per heavy atom. The van der Waals surface area contributed by atoms with E-state index in [-0.39, 0.29) is 11.9 Å². The Labute approximate surface area is 88.8 Å². The van der Waals surface area contributed by atoms with Crippen molar-refractivity contribution in [1.82, 2.24) is 10.2 Å². The summed E-state index contributed by atoms with van der Waals surface area (Å²) < 4.78 is 0. The maximum absolute atomic E-state index is 11.2. The fourth-order valence-electron chi connectivity index (χ4n) is 1.55. The second-order valence-electron chi connectivity index (χ2n) is 3.76. The van der Waals surface area contributed by atoms with Crippen LogP contribution in [0.3, 0.4) is 0 Å². The Hall–Kier alpha value is -1.36. The molecule has 1 aliphatic heterocycles. The van der Waals surface area contributed by atoms with Gasteiger partial charge in [0.1, 0.15) is 0 Å². The predicted molar refractivity (Wildman–Crippen MR) is 55.4 cm³/mol. The van der Waals surface area contributed by atoms with Gasteiger partial charge in [0.15, 0.2) is 0 Å². The highest BCUT2D eigenvalue weighted by Crippen LogP contribution is 2.07. The van der Waals surface area contributed by atoms with Crippen LogP contribution in [-0.2, 0) is 9.59 Å². The van der Waals surface area contributed by atoms with Crippen LogP contribution in [0.4, 0.5) is 0 Å². The molecule has 0 radical (unpaired) electrons. The number of likely N-dealkylation sites (tertiary alicyclic amines) is 1. The Balaban J connectivity index is 2.29. The summed E-state index contributed by atoms with van der Waals surface area (Å²) in [6, 6.07) is 0.173. The third-order valence-electron chi connectivity index (χ3n) is 2.44. The van der Waals surface area contributed by atoms with Gasteiger partial charge >= 0.3 is 5.97 Å². The summed E-state index contributed by atoms with van der Waals surface area (Å²) in [6.07, 6.45) is 3.75. The van der Waals surface area contributed by atoms with Gasteiger partial charge in [0.2, 0.25) is 5.91 Å². The predicted octanol–water partition coefficient (Wildman–Crippen LogP) is -0.162. The van der Waals surface area contributed by atoms with Crippen LogP contribution in [0, 0.1) is 0 Å². The summed E-state index contributed by atoms with van der Waals surface area (Å²) in [6.45, 7) is 1.93. The molecule has 5 nitrogen and oxygen atoms in total. The molecule has 0 saturated carbocycles. The van der Waals surface area contributed by atoms with Gasteiger partial charge < -0.3 is 15.3 Å². The molecule has 15 heavy (non-hydrogen) atoms. The van der Waals surface area contributed by atoms with Gasteiger partial charge in [0.25, 0.3) is 0 Å². The maximum atomic E-state index is 11.2. The van der Waals surface area contributed by atoms with E-state index in [4.69, 9.17) is 5.11 Å². The van der Waals surface area contributed by atoms with E-state index >= 15 is 0 Å². The van der Waals surface area contributed by atoms with Gasteiger partial charge in [-0.3, -0.25) is 4.79 Å². The number of rotatable bonds is 3. The number of nitrogens with one attached hydrogen (secondary N) is 1. The Morgan fingerprint density at radius 2 is 1.93 bits per heavy atom. The molecule has 1 fully saturated rings. The molecule has 5 heteroatoms. The number of carboxylic acid groups (broad SMARTS) is 1. The molecule has 0 spiro atoms. The molecule has 2 N–H and O–H groups in total. The molecule has 1 aliphatic rings. The molecule has 0 atom stereocenters. The number of amides is 1. The number of hydrogen-bond donors (Lipinski definition) is 2. The smallest absolute Gasteiger partial charge is 0.328 e. The van der Waals surface area contributed by atoms with Crippen LogP contribution in [0.15, 0.2) is 12.2 Å². The van der Waals surface area contributed by atoms with Gasteiger partial charge in [0.05, 0.1) is 0 Å². The molecular formula is C10H16N2O3. The van der Waals surface area contributed by atoms with Crippen molar-refractivity contribution in [3.05, 3.63) is 12.2 Å². The van der Waals surface area contributed by atoms with Crippen molar-refractivity contribution < 1.29 is 14.7 Å². The van der Waals surface area contributed by atoms with Crippen LogP contribution < -0.4 is 5.32 Å². The van der Waals surface area contributed by atoms with E-state index in [1.165, 1.54) is 0 Å². The first-order valence-corrected chi connectivity index (χ1v) is 4.98. The topological polar surface area (TPSA) is 69.6 Å². The zero-order valence-corrected chi connectivity index (χ0v) is 8.77. The van der Waals surface area contributed by atoms with Crippen molar-refractivity contribution >= 4 is 11.9 Å². The van der Waals surface area contributed by atoms with Crippen LogP contribution in [0.5, 0.6) is 0 Å². The number of carbonyl (C=O) groups excluding carboxylic acids is 1. The van der Waals surface area contributed by atoms with E-state index in [1.54, 1.807) is 0 Å². The summed E-state index contributed by atoms with van der Waals surface area (Å²) >= 11 is 0. The summed E-state index contributed by atoms with van der Waals surface area (Å²) in [7, 11) is 2.04. The largest absolute Gasteiger partial charge is 0.478 e. The summed E-state index contributed by atoms with van der Waals surface area (Å²) in [5.41, 5.74) is 0. The van der Waals surface area contributed by atoms with Crippen LogP contribution in [0.1, 0.15) is 12.8 Å². The molecular weight excluding hydrogens is 196 g/mol. The van der Waals surface area contributed by atoms with Crippen molar-refractivity contribution in [2.24, 2.45) is 0 Å². The van der Waals surface area contributed by atoms with E-state index < -0.39 is 5.97 Å². The van der Waals surface area contributed by atoms with Gasteiger partial charge in [-0.1, -0.05) is 0 Å². The first kappa shape index (κ1) is 11.7. The Kier molecular flexibility index (Phi) is 4.30. The number of nitrogens with zero attached hydrogens (tertiary/aromatic N) is 1. The lowest BCUT2D eigenvalue weighted by atomic mass is 10.1. The van der Waals surface area contributed by atoms with Crippen LogP contribution in [-0.4, -0.2) is 48.1 Å². The molecule has 1 saturated heterocycles. The lowest BCUT2D eigenvalue weighted by Gasteiger charge is -2.29. The van der Waals surface area contributed by atoms with E-state index in [2.05, 4.69) is 10.2 Å². The zero-order valence-electron chi connectivity index (χ0n) is 8.77. The first-order valence-electron chi connectivity index (χ1n) is 4.98. The molecule has 0 aromatic heterocycles. The van der Waals surface area contributed by atoms with Gasteiger partial charge in [-0.2, -0.15) is 0 Å². The molecule has 0 unspecified atom stereocenters. The van der Waals surface area contributed by atoms with Crippen LogP contribution >= 0.6 is 0 Å². The average Bonchev–Trinajstić information content (AvgIpc) is 2.19. The normalized spacial score (nSPS) is 19.3. The monoisotopic (exact) mass is 212 g/mol. The van der Waals surface area contributed by atoms with E-state index in [1.807, 2.05) is 7.05 Å². The van der Waals surface area contributed by atoms with Crippen molar-refractivity contribution in [2.75, 3.05) is 20.1 Å². The minimum atomic E-state index is -1.10. The highest BCUT2D eigenvalue weighted by atomic mass is 16.4. The minimum Gasteiger partial charge on any atom is -0.478 e. The molecule has 0 bridgehead atoms. The van der Waals surface area contributed by atoms with Crippen molar-refractivity contribution in [1.29, 1.82) is 0 Å². The Morgan fingerprint density at radius 3 is 2.47 bits per heavy atom. The van der Waals surface area contributed by atoms with Crippen LogP contribution in [0.2, 0.25) is 0 Å². The molecule has 0 aliphatic carbocycles. The van der Waals surface area contributed by atoms with Gasteiger partial charge in [-0.05, 0) is 33.0 Å². The maximum Gasteiger partial charge on any atom is 0.328 e. The average molecular weight is 212 g/mol. The second kappa shape index (κ2) is 5.50. The van der Waals surface area contributed by atoms with Gasteiger partial charge in [-0.15, -0.1) is 0 Å². The van der Waals surface area contributed by atoms with Crippen LogP contribution in [0.25, 0.3) is 0 Å². The highest BCUT2D eigenvalue weighted by molar-refractivity contribution is 5.93. The number of aliphatic carboxylic acids is 1. The van der Waals surface area contributed by atoms with E-state index in [9.17, 15) is 9.59 Å². The molecule has 0 aromatic carbocycles. The fourth-order valence-corrected chi connectivity index (χ4v) is 1.55. The van der Waals surface area contributed by atoms with Crippen molar-refractivity contribution in [3.63, 3.8) is 0 Å². The molecule has 0 aromatic rings. The lowest BCUT2D eigenvalue weighted by Crippen LogP contribution is -2.42. The van der Waals surface area contributed by atoms with Gasteiger partial charge in [-0.25, -0.2) is 4.79 Å². The minimum absolute atomic E-state index is 0.173. The van der Waals surface area contributed by atoms with E-state index in [0.717, 1.165) is 38.1 Å². The summed E-state index contributed by atoms with van der Waals surface area (Å²) in [5, 5.41) is 11.1. The second-order valence-corrected chi connectivity index (χ2v) is 3.76. The van der Waals surface area contributed by atoms with Crippen molar-refractivity contribution in [2.45, 2.75) is 18.9 Å². The zero-order chi connectivity index (χ0) is 11.3. The number of carboxylic acids is 1. The molecule has 1 rings (SSSR count). The quantitative estimate of drug-likeness (QED) is 0.638. The fraction of sp³-hybridized carbons (Fsp3) is 0.600. The lowest BCUT2D eigenvalue weighted by molar-refractivity contribution is -0.131. The highest BCUT2D eigenvalue weighted by Gasteiger charge is 2.17. The number of hydrogen-bond acceptors (Lipinski definition) is 3. The summed E-state index contributed by atoms with van der Waals surface area (Å²) in [4.78, 5) is 23.6. The number of piperidine rings is 1. The Bertz CT molecular complexity index is 268. The van der Waals surface area contributed by atoms with E-state index in [0.29, 0.717) is 0 Å². The van der Waals surface area contributed by atoms with Gasteiger partial charge in [0, 0.05) is 18.2 Å². The molecule has 1 amide bonds. The standard InChI is InChI=1S/C10H16N2O3/c1-12-6-4-8(5-7-12)11-9(13)2-3-10(14)15/h2-3,8H,4-7H2,1H3,(H,11,13)(H,14,15). The summed E-state index contributed by atoms with van der Waals surface area (Å²) in [5.74, 6) is -1.43. The van der Waals surface area contributed by atoms with Crippen molar-refractivity contribution in [3.8, 4) is 0 Å². The number of carbonyl (C=O) groups is 2. The molecule has 1 heterocycles. The first-order chi connectivity index (χ1) is 7.08. The SMILES string of the molecule is CN1CCC(NC(=O)C=CC(=O)O)CC1.